The van der Waals surface area contributed by atoms with Gasteiger partial charge in [-0.1, -0.05) is 24.3 Å². The molecule has 0 bridgehead atoms. The second kappa shape index (κ2) is 6.06. The predicted molar refractivity (Wildman–Crippen MR) is 67.3 cm³/mol. The largest absolute Gasteiger partial charge is 0.222 e. The van der Waals surface area contributed by atoms with Gasteiger partial charge < -0.3 is 0 Å². The summed E-state index contributed by atoms with van der Waals surface area (Å²) in [6, 6.07) is 8.30. The second-order valence-corrected chi connectivity index (χ2v) is 6.40. The van der Waals surface area contributed by atoms with E-state index in [1.807, 2.05) is 0 Å². The molecule has 16 heavy (non-hydrogen) atoms. The van der Waals surface area contributed by atoms with Crippen LogP contribution in [0.2, 0.25) is 0 Å². The van der Waals surface area contributed by atoms with Crippen LogP contribution in [0, 0.1) is 0 Å². The molecule has 0 spiro atoms. The molecule has 1 unspecified atom stereocenters. The molecule has 0 fully saturated rings. The highest BCUT2D eigenvalue weighted by molar-refractivity contribution is 7.93. The van der Waals surface area contributed by atoms with Gasteiger partial charge in [0.25, 0.3) is 0 Å². The lowest BCUT2D eigenvalue weighted by Crippen LogP contribution is -2.15. The molecular weight excluding hydrogens is 244 g/mol. The van der Waals surface area contributed by atoms with Gasteiger partial charge in [0, 0.05) is 0 Å². The summed E-state index contributed by atoms with van der Waals surface area (Å²) in [7, 11) is -3.39. The molecule has 0 saturated heterocycles. The standard InChI is InChI=1S/C12H15ClO2S/c1-2-3-5-10-12(13)16(14,15)11-8-6-4-7-9-11/h2,4,6-9,12H,1,3,5,10H2. The molecule has 88 valence electrons. The summed E-state index contributed by atoms with van der Waals surface area (Å²) in [4.78, 5) is 0.286. The van der Waals surface area contributed by atoms with Crippen molar-refractivity contribution < 1.29 is 8.42 Å². The third kappa shape index (κ3) is 3.35. The molecule has 0 aliphatic carbocycles. The number of benzene rings is 1. The number of alkyl halides is 1. The number of sulfone groups is 1. The highest BCUT2D eigenvalue weighted by Crippen LogP contribution is 2.22. The molecule has 0 amide bonds. The Balaban J connectivity index is 2.74. The molecular formula is C12H15ClO2S. The van der Waals surface area contributed by atoms with Crippen molar-refractivity contribution in [3.8, 4) is 0 Å². The van der Waals surface area contributed by atoms with E-state index in [4.69, 9.17) is 11.6 Å². The van der Waals surface area contributed by atoms with Crippen molar-refractivity contribution in [1.29, 1.82) is 0 Å². The van der Waals surface area contributed by atoms with Crippen LogP contribution in [-0.4, -0.2) is 13.1 Å². The fourth-order valence-electron chi connectivity index (χ4n) is 1.34. The summed E-state index contributed by atoms with van der Waals surface area (Å²) in [5.41, 5.74) is 0. The zero-order valence-electron chi connectivity index (χ0n) is 8.97. The maximum absolute atomic E-state index is 12.0. The van der Waals surface area contributed by atoms with E-state index in [-0.39, 0.29) is 4.90 Å². The lowest BCUT2D eigenvalue weighted by molar-refractivity contribution is 0.586. The summed E-state index contributed by atoms with van der Waals surface area (Å²) >= 11 is 5.92. The maximum Gasteiger partial charge on any atom is 0.195 e. The molecule has 0 aromatic heterocycles. The number of rotatable bonds is 6. The molecule has 0 aliphatic heterocycles. The molecule has 1 rings (SSSR count). The van der Waals surface area contributed by atoms with Crippen LogP contribution in [0.5, 0.6) is 0 Å². The van der Waals surface area contributed by atoms with E-state index in [1.54, 1.807) is 36.4 Å². The summed E-state index contributed by atoms with van der Waals surface area (Å²) in [5.74, 6) is 0. The first-order valence-electron chi connectivity index (χ1n) is 5.13. The number of hydrogen-bond acceptors (Lipinski definition) is 2. The fraction of sp³-hybridized carbons (Fsp3) is 0.333. The molecule has 1 aromatic carbocycles. The van der Waals surface area contributed by atoms with Gasteiger partial charge in [0.1, 0.15) is 4.71 Å². The summed E-state index contributed by atoms with van der Waals surface area (Å²) < 4.78 is 23.1. The molecule has 0 heterocycles. The van der Waals surface area contributed by atoms with Crippen molar-refractivity contribution in [3.05, 3.63) is 43.0 Å². The van der Waals surface area contributed by atoms with Gasteiger partial charge in [-0.15, -0.1) is 18.2 Å². The highest BCUT2D eigenvalue weighted by Gasteiger charge is 2.24. The number of halogens is 1. The van der Waals surface area contributed by atoms with Crippen LogP contribution in [0.25, 0.3) is 0 Å². The zero-order chi connectivity index (χ0) is 12.0. The van der Waals surface area contributed by atoms with Crippen LogP contribution in [0.15, 0.2) is 47.9 Å². The highest BCUT2D eigenvalue weighted by atomic mass is 35.5. The number of hydrogen-bond donors (Lipinski definition) is 0. The molecule has 2 nitrogen and oxygen atoms in total. The van der Waals surface area contributed by atoms with Crippen molar-refractivity contribution >= 4 is 21.4 Å². The molecule has 4 heteroatoms. The van der Waals surface area contributed by atoms with Gasteiger partial charge in [0.2, 0.25) is 0 Å². The minimum Gasteiger partial charge on any atom is -0.222 e. The Morgan fingerprint density at radius 1 is 1.31 bits per heavy atom. The minimum atomic E-state index is -3.39. The first-order valence-corrected chi connectivity index (χ1v) is 7.11. The third-order valence-corrected chi connectivity index (χ3v) is 5.01. The number of unbranched alkanes of at least 4 members (excludes halogenated alkanes) is 1. The van der Waals surface area contributed by atoms with Crippen molar-refractivity contribution in [2.24, 2.45) is 0 Å². The summed E-state index contributed by atoms with van der Waals surface area (Å²) in [5, 5.41) is 0. The lowest BCUT2D eigenvalue weighted by Gasteiger charge is -2.10. The van der Waals surface area contributed by atoms with E-state index in [0.29, 0.717) is 6.42 Å². The second-order valence-electron chi connectivity index (χ2n) is 3.49. The van der Waals surface area contributed by atoms with E-state index in [1.165, 1.54) is 0 Å². The van der Waals surface area contributed by atoms with Crippen LogP contribution < -0.4 is 0 Å². The molecule has 1 aromatic rings. The van der Waals surface area contributed by atoms with Gasteiger partial charge in [-0.25, -0.2) is 8.42 Å². The Kier molecular flexibility index (Phi) is 5.03. The van der Waals surface area contributed by atoms with E-state index in [9.17, 15) is 8.42 Å². The SMILES string of the molecule is C=CCCCC(Cl)S(=O)(=O)c1ccccc1. The van der Waals surface area contributed by atoms with Crippen LogP contribution in [0.1, 0.15) is 19.3 Å². The van der Waals surface area contributed by atoms with Crippen LogP contribution in [0.3, 0.4) is 0 Å². The normalized spacial score (nSPS) is 13.3. The van der Waals surface area contributed by atoms with Crippen molar-refractivity contribution in [2.75, 3.05) is 0 Å². The fourth-order valence-corrected chi connectivity index (χ4v) is 3.11. The average molecular weight is 259 g/mol. The molecule has 1 atom stereocenters. The monoisotopic (exact) mass is 258 g/mol. The topological polar surface area (TPSA) is 34.1 Å². The van der Waals surface area contributed by atoms with Crippen molar-refractivity contribution in [1.82, 2.24) is 0 Å². The van der Waals surface area contributed by atoms with Crippen molar-refractivity contribution in [3.63, 3.8) is 0 Å². The Hall–Kier alpha value is -0.800. The first-order chi connectivity index (χ1) is 7.59. The molecule has 0 radical (unpaired) electrons. The maximum atomic E-state index is 12.0. The quantitative estimate of drug-likeness (QED) is 0.445. The Labute approximate surface area is 102 Å². The van der Waals surface area contributed by atoms with Gasteiger partial charge in [0.15, 0.2) is 9.84 Å². The van der Waals surface area contributed by atoms with Gasteiger partial charge in [-0.3, -0.25) is 0 Å². The third-order valence-electron chi connectivity index (χ3n) is 2.25. The van der Waals surface area contributed by atoms with Gasteiger partial charge in [0.05, 0.1) is 4.90 Å². The lowest BCUT2D eigenvalue weighted by atomic mass is 10.2. The summed E-state index contributed by atoms with van der Waals surface area (Å²) in [6.45, 7) is 3.59. The van der Waals surface area contributed by atoms with Gasteiger partial charge >= 0.3 is 0 Å². The number of allylic oxidation sites excluding steroid dienone is 1. The van der Waals surface area contributed by atoms with Crippen molar-refractivity contribution in [2.45, 2.75) is 28.9 Å². The Morgan fingerprint density at radius 3 is 2.50 bits per heavy atom. The minimum absolute atomic E-state index is 0.286. The zero-order valence-corrected chi connectivity index (χ0v) is 10.5. The van der Waals surface area contributed by atoms with Gasteiger partial charge in [-0.2, -0.15) is 0 Å². The van der Waals surface area contributed by atoms with Gasteiger partial charge in [-0.05, 0) is 31.4 Å². The van der Waals surface area contributed by atoms with E-state index < -0.39 is 14.5 Å². The Bertz CT molecular complexity index is 426. The molecule has 0 saturated carbocycles. The van der Waals surface area contributed by atoms with E-state index in [0.717, 1.165) is 12.8 Å². The smallest absolute Gasteiger partial charge is 0.195 e. The van der Waals surface area contributed by atoms with Crippen LogP contribution in [0.4, 0.5) is 0 Å². The Morgan fingerprint density at radius 2 is 1.94 bits per heavy atom. The van der Waals surface area contributed by atoms with E-state index >= 15 is 0 Å². The van der Waals surface area contributed by atoms with Crippen LogP contribution in [-0.2, 0) is 9.84 Å². The molecule has 0 N–H and O–H groups in total. The molecule has 0 aliphatic rings. The van der Waals surface area contributed by atoms with Crippen LogP contribution >= 0.6 is 11.6 Å². The van der Waals surface area contributed by atoms with E-state index in [2.05, 4.69) is 6.58 Å². The predicted octanol–water partition coefficient (Wildman–Crippen LogP) is 3.38. The summed E-state index contributed by atoms with van der Waals surface area (Å²) in [6.07, 6.45) is 3.74. The average Bonchev–Trinajstić information content (AvgIpc) is 2.30. The first kappa shape index (κ1) is 13.3.